The van der Waals surface area contributed by atoms with Gasteiger partial charge in [0.25, 0.3) is 0 Å². The number of fused-ring (bicyclic) bond motifs is 1. The number of ether oxygens (including phenoxy) is 3. The Kier molecular flexibility index (Phi) is 2.84. The predicted molar refractivity (Wildman–Crippen MR) is 64.3 cm³/mol. The molecule has 96 valence electrons. The fourth-order valence-corrected chi connectivity index (χ4v) is 2.58. The predicted octanol–water partition coefficient (Wildman–Crippen LogP) is 1.92. The Morgan fingerprint density at radius 3 is 2.78 bits per heavy atom. The molecule has 4 nitrogen and oxygen atoms in total. The third kappa shape index (κ3) is 2.13. The van der Waals surface area contributed by atoms with Crippen LogP contribution in [0.2, 0.25) is 0 Å². The molecule has 4 heteroatoms. The molecule has 1 unspecified atom stereocenters. The lowest BCUT2D eigenvalue weighted by atomic mass is 9.87. The molecule has 0 spiro atoms. The number of hydrogen-bond acceptors (Lipinski definition) is 4. The van der Waals surface area contributed by atoms with E-state index in [2.05, 4.69) is 0 Å². The molecule has 0 aromatic heterocycles. The number of benzene rings is 1. The Morgan fingerprint density at radius 1 is 1.28 bits per heavy atom. The molecule has 1 atom stereocenters. The standard InChI is InChI=1S/C14H16O4/c1-14(9-12-16-6-7-17-12)8-10-4-2-3-5-11(10)13(15)18-14/h2-5,12H,6-9H2,1H3. The molecule has 2 aliphatic rings. The number of carbonyl (C=O) groups is 1. The highest BCUT2D eigenvalue weighted by atomic mass is 16.7. The molecule has 1 fully saturated rings. The molecule has 18 heavy (non-hydrogen) atoms. The first-order valence-electron chi connectivity index (χ1n) is 6.21. The van der Waals surface area contributed by atoms with Crippen molar-refractivity contribution in [1.82, 2.24) is 0 Å². The Hall–Kier alpha value is -1.39. The summed E-state index contributed by atoms with van der Waals surface area (Å²) in [5.74, 6) is -0.252. The number of rotatable bonds is 2. The van der Waals surface area contributed by atoms with Crippen molar-refractivity contribution in [3.05, 3.63) is 35.4 Å². The Labute approximate surface area is 106 Å². The van der Waals surface area contributed by atoms with E-state index < -0.39 is 5.60 Å². The van der Waals surface area contributed by atoms with Crippen LogP contribution in [-0.2, 0) is 20.6 Å². The molecule has 0 bridgehead atoms. The second-order valence-corrected chi connectivity index (χ2v) is 5.05. The fourth-order valence-electron chi connectivity index (χ4n) is 2.58. The van der Waals surface area contributed by atoms with Crippen LogP contribution in [0.5, 0.6) is 0 Å². The lowest BCUT2D eigenvalue weighted by molar-refractivity contribution is -0.104. The smallest absolute Gasteiger partial charge is 0.338 e. The van der Waals surface area contributed by atoms with Crippen molar-refractivity contribution in [2.24, 2.45) is 0 Å². The zero-order valence-electron chi connectivity index (χ0n) is 10.3. The van der Waals surface area contributed by atoms with Crippen LogP contribution in [0, 0.1) is 0 Å². The van der Waals surface area contributed by atoms with Crippen molar-refractivity contribution >= 4 is 5.97 Å². The van der Waals surface area contributed by atoms with Gasteiger partial charge in [-0.2, -0.15) is 0 Å². The summed E-state index contributed by atoms with van der Waals surface area (Å²) in [4.78, 5) is 12.0. The van der Waals surface area contributed by atoms with Crippen LogP contribution in [0.25, 0.3) is 0 Å². The van der Waals surface area contributed by atoms with Crippen molar-refractivity contribution in [1.29, 1.82) is 0 Å². The second-order valence-electron chi connectivity index (χ2n) is 5.05. The largest absolute Gasteiger partial charge is 0.455 e. The SMILES string of the molecule is CC1(CC2OCCO2)Cc2ccccc2C(=O)O1. The van der Waals surface area contributed by atoms with Crippen LogP contribution in [-0.4, -0.2) is 31.1 Å². The Morgan fingerprint density at radius 2 is 2.00 bits per heavy atom. The molecule has 1 aromatic carbocycles. The Balaban J connectivity index is 1.81. The maximum atomic E-state index is 12.0. The quantitative estimate of drug-likeness (QED) is 0.750. The minimum Gasteiger partial charge on any atom is -0.455 e. The summed E-state index contributed by atoms with van der Waals surface area (Å²) in [6.45, 7) is 3.17. The lowest BCUT2D eigenvalue weighted by Gasteiger charge is -2.35. The van der Waals surface area contributed by atoms with Crippen LogP contribution >= 0.6 is 0 Å². The lowest BCUT2D eigenvalue weighted by Crippen LogP contribution is -2.41. The van der Waals surface area contributed by atoms with Crippen LogP contribution in [0.3, 0.4) is 0 Å². The van der Waals surface area contributed by atoms with E-state index in [0.717, 1.165) is 5.56 Å². The van der Waals surface area contributed by atoms with Crippen molar-refractivity contribution in [3.8, 4) is 0 Å². The van der Waals surface area contributed by atoms with Gasteiger partial charge in [-0.3, -0.25) is 0 Å². The maximum Gasteiger partial charge on any atom is 0.338 e. The highest BCUT2D eigenvalue weighted by molar-refractivity contribution is 5.92. The summed E-state index contributed by atoms with van der Waals surface area (Å²) >= 11 is 0. The first-order valence-corrected chi connectivity index (χ1v) is 6.21. The van der Waals surface area contributed by atoms with E-state index in [-0.39, 0.29) is 12.3 Å². The summed E-state index contributed by atoms with van der Waals surface area (Å²) in [7, 11) is 0. The highest BCUT2D eigenvalue weighted by Gasteiger charge is 2.39. The number of hydrogen-bond donors (Lipinski definition) is 0. The molecule has 0 amide bonds. The third-order valence-corrected chi connectivity index (χ3v) is 3.43. The van der Waals surface area contributed by atoms with Gasteiger partial charge in [-0.1, -0.05) is 18.2 Å². The molecule has 0 aliphatic carbocycles. The van der Waals surface area contributed by atoms with E-state index in [1.54, 1.807) is 6.07 Å². The summed E-state index contributed by atoms with van der Waals surface area (Å²) in [5.41, 5.74) is 1.16. The van der Waals surface area contributed by atoms with E-state index in [4.69, 9.17) is 14.2 Å². The Bertz CT molecular complexity index is 465. The van der Waals surface area contributed by atoms with Gasteiger partial charge < -0.3 is 14.2 Å². The minimum atomic E-state index is -0.541. The zero-order valence-corrected chi connectivity index (χ0v) is 10.3. The van der Waals surface area contributed by atoms with Crippen LogP contribution in [0.4, 0.5) is 0 Å². The summed E-state index contributed by atoms with van der Waals surface area (Å²) in [6, 6.07) is 7.58. The van der Waals surface area contributed by atoms with Crippen LogP contribution in [0.1, 0.15) is 29.3 Å². The maximum absolute atomic E-state index is 12.0. The molecule has 0 radical (unpaired) electrons. The van der Waals surface area contributed by atoms with Crippen molar-refractivity contribution in [3.63, 3.8) is 0 Å². The van der Waals surface area contributed by atoms with Gasteiger partial charge in [0.2, 0.25) is 0 Å². The first kappa shape index (κ1) is 11.7. The van der Waals surface area contributed by atoms with Gasteiger partial charge in [0.15, 0.2) is 6.29 Å². The summed E-state index contributed by atoms with van der Waals surface area (Å²) in [6.07, 6.45) is 1.03. The van der Waals surface area contributed by atoms with Crippen molar-refractivity contribution in [2.75, 3.05) is 13.2 Å². The van der Waals surface area contributed by atoms with Crippen molar-refractivity contribution < 1.29 is 19.0 Å². The molecule has 1 aromatic rings. The van der Waals surface area contributed by atoms with Gasteiger partial charge >= 0.3 is 5.97 Å². The number of cyclic esters (lactones) is 1. The normalized spacial score (nSPS) is 27.9. The number of carbonyl (C=O) groups excluding carboxylic acids is 1. The average Bonchev–Trinajstić information content (AvgIpc) is 2.81. The zero-order chi connectivity index (χ0) is 12.6. The van der Waals surface area contributed by atoms with Gasteiger partial charge in [-0.05, 0) is 18.6 Å². The fraction of sp³-hybridized carbons (Fsp3) is 0.500. The van der Waals surface area contributed by atoms with Gasteiger partial charge in [0, 0.05) is 12.8 Å². The van der Waals surface area contributed by atoms with E-state index >= 15 is 0 Å². The molecule has 0 N–H and O–H groups in total. The third-order valence-electron chi connectivity index (χ3n) is 3.43. The highest BCUT2D eigenvalue weighted by Crippen LogP contribution is 2.32. The molecular formula is C14H16O4. The monoisotopic (exact) mass is 248 g/mol. The molecule has 0 saturated carbocycles. The van der Waals surface area contributed by atoms with Gasteiger partial charge in [0.1, 0.15) is 5.60 Å². The number of esters is 1. The van der Waals surface area contributed by atoms with Gasteiger partial charge in [-0.25, -0.2) is 4.79 Å². The summed E-state index contributed by atoms with van der Waals surface area (Å²) < 4.78 is 16.4. The second kappa shape index (κ2) is 4.37. The van der Waals surface area contributed by atoms with Gasteiger partial charge in [0.05, 0.1) is 18.8 Å². The first-order chi connectivity index (χ1) is 8.66. The molecule has 2 heterocycles. The molecular weight excluding hydrogens is 232 g/mol. The molecule has 1 saturated heterocycles. The van der Waals surface area contributed by atoms with Crippen LogP contribution < -0.4 is 0 Å². The van der Waals surface area contributed by atoms with Crippen molar-refractivity contribution in [2.45, 2.75) is 31.7 Å². The summed E-state index contributed by atoms with van der Waals surface area (Å²) in [5, 5.41) is 0. The van der Waals surface area contributed by atoms with E-state index in [0.29, 0.717) is 31.6 Å². The minimum absolute atomic E-state index is 0.252. The average molecular weight is 248 g/mol. The van der Waals surface area contributed by atoms with E-state index in [1.807, 2.05) is 25.1 Å². The van der Waals surface area contributed by atoms with E-state index in [1.165, 1.54) is 0 Å². The molecule has 2 aliphatic heterocycles. The topological polar surface area (TPSA) is 44.8 Å². The van der Waals surface area contributed by atoms with Crippen LogP contribution in [0.15, 0.2) is 24.3 Å². The molecule has 3 rings (SSSR count). The van der Waals surface area contributed by atoms with Gasteiger partial charge in [-0.15, -0.1) is 0 Å². The van der Waals surface area contributed by atoms with E-state index in [9.17, 15) is 4.79 Å².